The van der Waals surface area contributed by atoms with Gasteiger partial charge in [0.25, 0.3) is 5.91 Å². The third kappa shape index (κ3) is 5.53. The number of methoxy groups -OCH3 is 1. The quantitative estimate of drug-likeness (QED) is 0.214. The summed E-state index contributed by atoms with van der Waals surface area (Å²) in [6.07, 6.45) is 8.59. The summed E-state index contributed by atoms with van der Waals surface area (Å²) in [5.41, 5.74) is 6.48. The summed E-state index contributed by atoms with van der Waals surface area (Å²) < 4.78 is 5.75. The molecule has 1 fully saturated rings. The molecule has 2 aromatic heterocycles. The van der Waals surface area contributed by atoms with Crippen molar-refractivity contribution in [3.63, 3.8) is 0 Å². The Morgan fingerprint density at radius 3 is 2.63 bits per heavy atom. The van der Waals surface area contributed by atoms with Crippen LogP contribution in [0.3, 0.4) is 0 Å². The van der Waals surface area contributed by atoms with E-state index in [1.54, 1.807) is 31.6 Å². The summed E-state index contributed by atoms with van der Waals surface area (Å²) in [5.74, 6) is 1.10. The van der Waals surface area contributed by atoms with E-state index in [-0.39, 0.29) is 11.8 Å². The van der Waals surface area contributed by atoms with Crippen LogP contribution >= 0.6 is 0 Å². The smallest absolute Gasteiger partial charge is 0.256 e. The van der Waals surface area contributed by atoms with Gasteiger partial charge in [-0.05, 0) is 96.1 Å². The van der Waals surface area contributed by atoms with Gasteiger partial charge in [-0.25, -0.2) is 15.0 Å². The summed E-state index contributed by atoms with van der Waals surface area (Å²) >= 11 is 0. The molecule has 0 radical (unpaired) electrons. The molecule has 1 aliphatic rings. The van der Waals surface area contributed by atoms with Gasteiger partial charge < -0.3 is 15.4 Å². The first-order chi connectivity index (χ1) is 20.0. The lowest BCUT2D eigenvalue weighted by atomic mass is 9.94. The van der Waals surface area contributed by atoms with Crippen molar-refractivity contribution < 1.29 is 14.3 Å². The molecule has 1 saturated carbocycles. The number of carbonyl (C=O) groups excluding carboxylic acids is 2. The van der Waals surface area contributed by atoms with Crippen LogP contribution in [0.1, 0.15) is 34.7 Å². The zero-order chi connectivity index (χ0) is 28.3. The molecule has 0 saturated heterocycles. The number of benzene rings is 3. The van der Waals surface area contributed by atoms with Crippen molar-refractivity contribution in [2.45, 2.75) is 18.8 Å². The number of amides is 2. The van der Waals surface area contributed by atoms with Crippen LogP contribution in [-0.4, -0.2) is 33.9 Å². The molecule has 0 atom stereocenters. The first-order valence-corrected chi connectivity index (χ1v) is 13.3. The van der Waals surface area contributed by atoms with Gasteiger partial charge in [0, 0.05) is 40.2 Å². The van der Waals surface area contributed by atoms with E-state index in [0.29, 0.717) is 28.7 Å². The van der Waals surface area contributed by atoms with Gasteiger partial charge in [0.05, 0.1) is 12.6 Å². The van der Waals surface area contributed by atoms with E-state index < -0.39 is 0 Å². The lowest BCUT2D eigenvalue weighted by Crippen LogP contribution is -2.13. The lowest BCUT2D eigenvalue weighted by molar-refractivity contribution is -0.111. The second kappa shape index (κ2) is 11.0. The first-order valence-electron chi connectivity index (χ1n) is 13.3. The highest BCUT2D eigenvalue weighted by Gasteiger charge is 2.24. The second-order valence-corrected chi connectivity index (χ2v) is 9.88. The number of ether oxygens (including phenoxy) is 1. The molecule has 3 aromatic carbocycles. The number of nitrogens with one attached hydrogen (secondary N) is 2. The van der Waals surface area contributed by atoms with E-state index in [0.717, 1.165) is 33.2 Å². The third-order valence-electron chi connectivity index (χ3n) is 7.08. The summed E-state index contributed by atoms with van der Waals surface area (Å²) in [5, 5.41) is 6.56. The molecule has 2 heterocycles. The highest BCUT2D eigenvalue weighted by atomic mass is 16.5. The predicted octanol–water partition coefficient (Wildman–Crippen LogP) is 6.62. The van der Waals surface area contributed by atoms with Crippen LogP contribution in [0.2, 0.25) is 0 Å². The fourth-order valence-corrected chi connectivity index (χ4v) is 4.88. The molecule has 0 unspecified atom stereocenters. The average molecular weight is 542 g/mol. The van der Waals surface area contributed by atoms with E-state index in [4.69, 9.17) is 4.74 Å². The molecular formula is C33H27N5O3. The Labute approximate surface area is 237 Å². The van der Waals surface area contributed by atoms with Gasteiger partial charge >= 0.3 is 0 Å². The van der Waals surface area contributed by atoms with E-state index >= 15 is 0 Å². The lowest BCUT2D eigenvalue weighted by Gasteiger charge is -2.14. The van der Waals surface area contributed by atoms with Crippen LogP contribution in [0.5, 0.6) is 5.75 Å². The molecule has 0 spiro atoms. The Balaban J connectivity index is 1.36. The summed E-state index contributed by atoms with van der Waals surface area (Å²) in [7, 11) is 1.58. The van der Waals surface area contributed by atoms with Gasteiger partial charge in [-0.2, -0.15) is 0 Å². The van der Waals surface area contributed by atoms with Crippen molar-refractivity contribution >= 4 is 34.2 Å². The minimum absolute atomic E-state index is 0.263. The zero-order valence-electron chi connectivity index (χ0n) is 22.4. The number of hydrogen-bond donors (Lipinski definition) is 2. The van der Waals surface area contributed by atoms with Gasteiger partial charge in [-0.3, -0.25) is 9.59 Å². The predicted molar refractivity (Wildman–Crippen MR) is 160 cm³/mol. The molecule has 0 bridgehead atoms. The molecular weight excluding hydrogens is 514 g/mol. The van der Waals surface area contributed by atoms with Gasteiger partial charge in [0.15, 0.2) is 0 Å². The largest absolute Gasteiger partial charge is 0.496 e. The van der Waals surface area contributed by atoms with Gasteiger partial charge in [-0.1, -0.05) is 18.7 Å². The molecule has 5 aromatic rings. The minimum atomic E-state index is -0.289. The Kier molecular flexibility index (Phi) is 6.95. The van der Waals surface area contributed by atoms with Gasteiger partial charge in [0.1, 0.15) is 17.9 Å². The molecule has 41 heavy (non-hydrogen) atoms. The van der Waals surface area contributed by atoms with E-state index in [1.807, 2.05) is 54.6 Å². The molecule has 1 aliphatic carbocycles. The van der Waals surface area contributed by atoms with Crippen molar-refractivity contribution in [3.8, 4) is 28.0 Å². The zero-order valence-corrected chi connectivity index (χ0v) is 22.4. The number of carbonyl (C=O) groups is 2. The summed E-state index contributed by atoms with van der Waals surface area (Å²) in [6.45, 7) is 3.52. The SMILES string of the molecule is C=CC(=O)Nc1cccc(-c2cc(-c3ccc(C(=O)Nc4cc(C5CC5)ccn4)cc3OC)cc3cncnc23)c1. The number of rotatable bonds is 8. The van der Waals surface area contributed by atoms with Crippen LogP contribution in [0.4, 0.5) is 11.5 Å². The Hall–Kier alpha value is -5.37. The maximum atomic E-state index is 13.1. The van der Waals surface area contributed by atoms with Crippen molar-refractivity contribution in [1.29, 1.82) is 0 Å². The number of nitrogens with zero attached hydrogens (tertiary/aromatic N) is 3. The molecule has 2 N–H and O–H groups in total. The maximum absolute atomic E-state index is 13.1. The number of aromatic nitrogens is 3. The van der Waals surface area contributed by atoms with Crippen LogP contribution in [0, 0.1) is 0 Å². The normalized spacial score (nSPS) is 12.5. The first kappa shape index (κ1) is 25.9. The monoisotopic (exact) mass is 541 g/mol. The van der Waals surface area contributed by atoms with Crippen molar-refractivity contribution in [1.82, 2.24) is 15.0 Å². The van der Waals surface area contributed by atoms with Crippen LogP contribution in [0.25, 0.3) is 33.2 Å². The van der Waals surface area contributed by atoms with Crippen LogP contribution in [0.15, 0.2) is 98.1 Å². The third-order valence-corrected chi connectivity index (χ3v) is 7.08. The topological polar surface area (TPSA) is 106 Å². The Bertz CT molecular complexity index is 1810. The van der Waals surface area contributed by atoms with E-state index in [9.17, 15) is 9.59 Å². The maximum Gasteiger partial charge on any atom is 0.256 e. The molecule has 6 rings (SSSR count). The molecule has 8 nitrogen and oxygen atoms in total. The average Bonchev–Trinajstić information content (AvgIpc) is 3.86. The number of hydrogen-bond acceptors (Lipinski definition) is 6. The summed E-state index contributed by atoms with van der Waals surface area (Å²) in [4.78, 5) is 38.1. The van der Waals surface area contributed by atoms with Gasteiger partial charge in [0.2, 0.25) is 5.91 Å². The second-order valence-electron chi connectivity index (χ2n) is 9.88. The fraction of sp³-hybridized carbons (Fsp3) is 0.121. The Morgan fingerprint density at radius 1 is 0.951 bits per heavy atom. The standard InChI is InChI=1S/C33H27N5O3/c1-3-31(39)37-26-6-4-5-22(14-26)28-15-24(13-25-18-34-19-36-32(25)28)27-10-9-23(16-29(27)41-2)33(40)38-30-17-21(11-12-35-30)20-7-8-20/h3-6,9-20H,1,7-8H2,2H3,(H,37,39)(H,35,38,40). The fourth-order valence-electron chi connectivity index (χ4n) is 4.88. The number of fused-ring (bicyclic) bond motifs is 1. The number of pyridine rings is 1. The van der Waals surface area contributed by atoms with Crippen LogP contribution < -0.4 is 15.4 Å². The van der Waals surface area contributed by atoms with Gasteiger partial charge in [-0.15, -0.1) is 0 Å². The summed E-state index contributed by atoms with van der Waals surface area (Å²) in [6, 6.07) is 20.9. The van der Waals surface area contributed by atoms with Crippen molar-refractivity contribution in [2.24, 2.45) is 0 Å². The molecule has 202 valence electrons. The van der Waals surface area contributed by atoms with Crippen molar-refractivity contribution in [3.05, 3.63) is 109 Å². The molecule has 2 amide bonds. The molecule has 8 heteroatoms. The highest BCUT2D eigenvalue weighted by Crippen LogP contribution is 2.40. The van der Waals surface area contributed by atoms with E-state index in [1.165, 1.54) is 30.8 Å². The van der Waals surface area contributed by atoms with Crippen molar-refractivity contribution in [2.75, 3.05) is 17.7 Å². The highest BCUT2D eigenvalue weighted by molar-refractivity contribution is 6.05. The van der Waals surface area contributed by atoms with Crippen LogP contribution in [-0.2, 0) is 4.79 Å². The number of anilines is 2. The minimum Gasteiger partial charge on any atom is -0.496 e. The Morgan fingerprint density at radius 2 is 1.83 bits per heavy atom. The molecule has 0 aliphatic heterocycles. The van der Waals surface area contributed by atoms with E-state index in [2.05, 4.69) is 32.2 Å².